The first-order chi connectivity index (χ1) is 12.8. The van der Waals surface area contributed by atoms with Crippen molar-refractivity contribution >= 4 is 6.09 Å². The minimum Gasteiger partial charge on any atom is -0.444 e. The van der Waals surface area contributed by atoms with Crippen molar-refractivity contribution in [3.8, 4) is 0 Å². The summed E-state index contributed by atoms with van der Waals surface area (Å²) in [6.07, 6.45) is -0.827. The van der Waals surface area contributed by atoms with Gasteiger partial charge in [0.05, 0.1) is 12.1 Å². The predicted octanol–water partition coefficient (Wildman–Crippen LogP) is 3.35. The van der Waals surface area contributed by atoms with E-state index < -0.39 is 23.8 Å². The number of nitrogens with zero attached hydrogens (tertiary/aromatic N) is 1. The summed E-state index contributed by atoms with van der Waals surface area (Å²) in [7, 11) is 0. The lowest BCUT2D eigenvalue weighted by molar-refractivity contribution is -0.00701. The molecule has 146 valence electrons. The Balaban J connectivity index is 2.34. The fraction of sp³-hybridized carbons (Fsp3) is 0.409. The lowest BCUT2D eigenvalue weighted by atomic mass is 9.99. The number of carbonyl (C=O) groups excluding carboxylic acids is 1. The van der Waals surface area contributed by atoms with Crippen LogP contribution in [0.15, 0.2) is 60.7 Å². The monoisotopic (exact) mass is 370 g/mol. The number of hydrogen-bond donors (Lipinski definition) is 2. The quantitative estimate of drug-likeness (QED) is 0.784. The average molecular weight is 370 g/mol. The number of ether oxygens (including phenoxy) is 1. The van der Waals surface area contributed by atoms with Crippen LogP contribution in [0.1, 0.15) is 31.9 Å². The highest BCUT2D eigenvalue weighted by Gasteiger charge is 2.32. The summed E-state index contributed by atoms with van der Waals surface area (Å²) >= 11 is 0. The zero-order valence-electron chi connectivity index (χ0n) is 16.3. The molecule has 0 unspecified atom stereocenters. The first-order valence-corrected chi connectivity index (χ1v) is 9.26. The first kappa shape index (κ1) is 20.9. The molecule has 1 amide bonds. The lowest BCUT2D eigenvalue weighted by Gasteiger charge is -2.36. The molecule has 5 heteroatoms. The molecule has 0 aliphatic rings. The molecule has 0 aliphatic heterocycles. The number of carbonyl (C=O) groups is 1. The highest BCUT2D eigenvalue weighted by atomic mass is 16.6. The summed E-state index contributed by atoms with van der Waals surface area (Å²) in [5.74, 6) is 0. The van der Waals surface area contributed by atoms with E-state index in [0.29, 0.717) is 13.0 Å². The molecule has 0 radical (unpaired) electrons. The van der Waals surface area contributed by atoms with Crippen LogP contribution >= 0.6 is 0 Å². The van der Waals surface area contributed by atoms with E-state index >= 15 is 0 Å². The van der Waals surface area contributed by atoms with Crippen molar-refractivity contribution in [1.29, 1.82) is 0 Å². The van der Waals surface area contributed by atoms with Crippen molar-refractivity contribution in [1.82, 2.24) is 4.90 Å². The Labute approximate surface area is 161 Å². The van der Waals surface area contributed by atoms with Gasteiger partial charge in [-0.05, 0) is 38.3 Å². The molecule has 5 nitrogen and oxygen atoms in total. The summed E-state index contributed by atoms with van der Waals surface area (Å²) in [5, 5.41) is 10.6. The zero-order valence-corrected chi connectivity index (χ0v) is 16.3. The molecule has 0 saturated carbocycles. The topological polar surface area (TPSA) is 75.8 Å². The molecule has 0 saturated heterocycles. The van der Waals surface area contributed by atoms with Crippen LogP contribution in [0.25, 0.3) is 0 Å². The predicted molar refractivity (Wildman–Crippen MR) is 107 cm³/mol. The summed E-state index contributed by atoms with van der Waals surface area (Å²) in [4.78, 5) is 14.6. The molecule has 0 spiro atoms. The molecule has 0 heterocycles. The molecule has 0 aromatic heterocycles. The number of aliphatic hydroxyl groups is 1. The van der Waals surface area contributed by atoms with Crippen molar-refractivity contribution in [2.75, 3.05) is 6.54 Å². The SMILES string of the molecule is CC(C)(C)OC(=O)N(Cc1ccccc1)[C@@H](Cc1ccccc1)[C@H](O)CN. The Kier molecular flexibility index (Phi) is 7.39. The molecule has 0 bridgehead atoms. The summed E-state index contributed by atoms with van der Waals surface area (Å²) < 4.78 is 5.62. The minimum atomic E-state index is -0.860. The molecule has 27 heavy (non-hydrogen) atoms. The molecule has 2 aromatic carbocycles. The number of amides is 1. The van der Waals surface area contributed by atoms with Crippen LogP contribution in [0.2, 0.25) is 0 Å². The Morgan fingerprint density at radius 1 is 1.04 bits per heavy atom. The van der Waals surface area contributed by atoms with Crippen LogP contribution < -0.4 is 5.73 Å². The van der Waals surface area contributed by atoms with Crippen molar-refractivity contribution < 1.29 is 14.6 Å². The summed E-state index contributed by atoms with van der Waals surface area (Å²) in [6.45, 7) is 5.89. The van der Waals surface area contributed by atoms with E-state index in [1.165, 1.54) is 0 Å². The number of aliphatic hydroxyl groups excluding tert-OH is 1. The van der Waals surface area contributed by atoms with Gasteiger partial charge in [-0.3, -0.25) is 4.90 Å². The second kappa shape index (κ2) is 9.53. The Bertz CT molecular complexity index is 699. The summed E-state index contributed by atoms with van der Waals surface area (Å²) in [6, 6.07) is 19.0. The standard InChI is InChI=1S/C22H30N2O3/c1-22(2,3)27-21(26)24(16-18-12-8-5-9-13-18)19(20(25)15-23)14-17-10-6-4-7-11-17/h4-13,19-20,25H,14-16,23H2,1-3H3/t19-,20+/m0/s1. The zero-order chi connectivity index (χ0) is 19.9. The van der Waals surface area contributed by atoms with Crippen LogP contribution in [-0.2, 0) is 17.7 Å². The van der Waals surface area contributed by atoms with Crippen LogP contribution in [0, 0.1) is 0 Å². The van der Waals surface area contributed by atoms with Crippen LogP contribution in [0.5, 0.6) is 0 Å². The van der Waals surface area contributed by atoms with Gasteiger partial charge in [0.15, 0.2) is 0 Å². The van der Waals surface area contributed by atoms with Crippen LogP contribution in [0.4, 0.5) is 4.79 Å². The maximum Gasteiger partial charge on any atom is 0.410 e. The largest absolute Gasteiger partial charge is 0.444 e. The molecule has 0 fully saturated rings. The van der Waals surface area contributed by atoms with Crippen LogP contribution in [-0.4, -0.2) is 40.4 Å². The Hall–Kier alpha value is -2.37. The molecule has 2 atom stereocenters. The second-order valence-corrected chi connectivity index (χ2v) is 7.65. The minimum absolute atomic E-state index is 0.0611. The van der Waals surface area contributed by atoms with Gasteiger partial charge in [0.2, 0.25) is 0 Å². The van der Waals surface area contributed by atoms with E-state index in [1.54, 1.807) is 4.90 Å². The molecule has 2 rings (SSSR count). The van der Waals surface area contributed by atoms with Gasteiger partial charge in [0.25, 0.3) is 0 Å². The number of benzene rings is 2. The number of rotatable bonds is 7. The van der Waals surface area contributed by atoms with E-state index in [0.717, 1.165) is 11.1 Å². The van der Waals surface area contributed by atoms with Crippen molar-refractivity contribution in [2.45, 2.75) is 51.5 Å². The molecule has 2 aromatic rings. The molecule has 0 aliphatic carbocycles. The normalized spacial score (nSPS) is 13.7. The fourth-order valence-corrected chi connectivity index (χ4v) is 2.88. The molecular weight excluding hydrogens is 340 g/mol. The van der Waals surface area contributed by atoms with E-state index in [1.807, 2.05) is 81.4 Å². The van der Waals surface area contributed by atoms with Crippen molar-refractivity contribution in [3.05, 3.63) is 71.8 Å². The van der Waals surface area contributed by atoms with Gasteiger partial charge in [-0.25, -0.2) is 4.79 Å². The van der Waals surface area contributed by atoms with Gasteiger partial charge >= 0.3 is 6.09 Å². The smallest absolute Gasteiger partial charge is 0.410 e. The highest BCUT2D eigenvalue weighted by molar-refractivity contribution is 5.69. The average Bonchev–Trinajstić information content (AvgIpc) is 2.64. The highest BCUT2D eigenvalue weighted by Crippen LogP contribution is 2.20. The Morgan fingerprint density at radius 3 is 2.04 bits per heavy atom. The molecular formula is C22H30N2O3. The van der Waals surface area contributed by atoms with Gasteiger partial charge in [-0.1, -0.05) is 60.7 Å². The van der Waals surface area contributed by atoms with Gasteiger partial charge in [0, 0.05) is 13.1 Å². The van der Waals surface area contributed by atoms with Crippen LogP contribution in [0.3, 0.4) is 0 Å². The number of nitrogens with two attached hydrogens (primary N) is 1. The Morgan fingerprint density at radius 2 is 1.56 bits per heavy atom. The third-order valence-corrected chi connectivity index (χ3v) is 4.20. The summed E-state index contributed by atoms with van der Waals surface area (Å²) in [5.41, 5.74) is 7.12. The lowest BCUT2D eigenvalue weighted by Crippen LogP contribution is -2.51. The third-order valence-electron chi connectivity index (χ3n) is 4.20. The first-order valence-electron chi connectivity index (χ1n) is 9.26. The maximum absolute atomic E-state index is 13.0. The maximum atomic E-state index is 13.0. The van der Waals surface area contributed by atoms with Crippen molar-refractivity contribution in [2.24, 2.45) is 5.73 Å². The molecule has 3 N–H and O–H groups in total. The van der Waals surface area contributed by atoms with E-state index in [-0.39, 0.29) is 6.54 Å². The van der Waals surface area contributed by atoms with Gasteiger partial charge in [0.1, 0.15) is 5.60 Å². The second-order valence-electron chi connectivity index (χ2n) is 7.65. The van der Waals surface area contributed by atoms with E-state index in [9.17, 15) is 9.90 Å². The van der Waals surface area contributed by atoms with E-state index in [4.69, 9.17) is 10.5 Å². The van der Waals surface area contributed by atoms with Gasteiger partial charge < -0.3 is 15.6 Å². The van der Waals surface area contributed by atoms with Crippen molar-refractivity contribution in [3.63, 3.8) is 0 Å². The third kappa shape index (κ3) is 6.70. The van der Waals surface area contributed by atoms with E-state index in [2.05, 4.69) is 0 Å². The fourth-order valence-electron chi connectivity index (χ4n) is 2.88. The van der Waals surface area contributed by atoms with Gasteiger partial charge in [-0.2, -0.15) is 0 Å². The van der Waals surface area contributed by atoms with Gasteiger partial charge in [-0.15, -0.1) is 0 Å². The number of hydrogen-bond acceptors (Lipinski definition) is 4.